The predicted molar refractivity (Wildman–Crippen MR) is 94.1 cm³/mol. The number of rotatable bonds is 3. The Kier molecular flexibility index (Phi) is 4.44. The fraction of sp³-hybridized carbons (Fsp3) is 0.316. The molecular weight excluding hydrogens is 304 g/mol. The van der Waals surface area contributed by atoms with E-state index in [0.717, 1.165) is 23.2 Å². The van der Waals surface area contributed by atoms with Gasteiger partial charge in [0.25, 0.3) is 5.91 Å². The summed E-state index contributed by atoms with van der Waals surface area (Å²) in [6, 6.07) is 11.3. The molecule has 0 spiro atoms. The first-order valence-electron chi connectivity index (χ1n) is 7.93. The molecule has 0 aromatic heterocycles. The molecule has 5 nitrogen and oxygen atoms in total. The maximum Gasteiger partial charge on any atom is 0.258 e. The quantitative estimate of drug-likeness (QED) is 0.941. The number of amides is 1. The van der Waals surface area contributed by atoms with Gasteiger partial charge in [0.15, 0.2) is 0 Å². The summed E-state index contributed by atoms with van der Waals surface area (Å²) >= 11 is 0. The Hall–Kier alpha value is -2.53. The number of carbonyl (C=O) groups excluding carboxylic acids is 1. The molecule has 1 aliphatic rings. The van der Waals surface area contributed by atoms with E-state index in [9.17, 15) is 4.79 Å². The Morgan fingerprint density at radius 1 is 1.17 bits per heavy atom. The Balaban J connectivity index is 2.04. The van der Waals surface area contributed by atoms with Gasteiger partial charge in [0.2, 0.25) is 0 Å². The summed E-state index contributed by atoms with van der Waals surface area (Å²) in [6.07, 6.45) is 0.778. The Bertz CT molecular complexity index is 748. The zero-order valence-corrected chi connectivity index (χ0v) is 14.2. The molecule has 0 saturated carbocycles. The number of ether oxygens (including phenoxy) is 2. The summed E-state index contributed by atoms with van der Waals surface area (Å²) in [4.78, 5) is 14.9. The Labute approximate surface area is 142 Å². The van der Waals surface area contributed by atoms with Gasteiger partial charge >= 0.3 is 0 Å². The molecule has 1 heterocycles. The van der Waals surface area contributed by atoms with Gasteiger partial charge in [0, 0.05) is 29.4 Å². The van der Waals surface area contributed by atoms with Gasteiger partial charge in [-0.05, 0) is 37.1 Å². The number of hydrogen-bond donors (Lipinski definition) is 1. The van der Waals surface area contributed by atoms with E-state index in [1.807, 2.05) is 31.2 Å². The van der Waals surface area contributed by atoms with Gasteiger partial charge in [-0.15, -0.1) is 0 Å². The smallest absolute Gasteiger partial charge is 0.258 e. The topological polar surface area (TPSA) is 64.8 Å². The van der Waals surface area contributed by atoms with Gasteiger partial charge in [-0.1, -0.05) is 18.2 Å². The van der Waals surface area contributed by atoms with Gasteiger partial charge in [0.05, 0.1) is 14.2 Å². The van der Waals surface area contributed by atoms with Gasteiger partial charge < -0.3 is 20.1 Å². The van der Waals surface area contributed by atoms with Crippen LogP contribution in [0.1, 0.15) is 21.5 Å². The van der Waals surface area contributed by atoms with Gasteiger partial charge in [-0.2, -0.15) is 0 Å². The minimum absolute atomic E-state index is 0.0712. The molecule has 0 aliphatic carbocycles. The molecule has 1 amide bonds. The number of para-hydroxylation sites is 1. The molecule has 1 unspecified atom stereocenters. The molecule has 0 bridgehead atoms. The molecule has 2 N–H and O–H groups in total. The lowest BCUT2D eigenvalue weighted by Crippen LogP contribution is -2.46. The van der Waals surface area contributed by atoms with Gasteiger partial charge in [-0.25, -0.2) is 0 Å². The standard InChI is InChI=1S/C19H22N2O3/c1-12-17(23-2)9-14(10-18(12)24-3)19(22)21-11-15(20)8-13-6-4-5-7-16(13)21/h4-7,9-10,15H,8,11,20H2,1-3H3. The normalized spacial score (nSPS) is 16.5. The number of anilines is 1. The van der Waals surface area contributed by atoms with Crippen LogP contribution in [-0.2, 0) is 6.42 Å². The summed E-state index contributed by atoms with van der Waals surface area (Å²) in [5, 5.41) is 0. The molecule has 0 fully saturated rings. The molecule has 0 saturated heterocycles. The van der Waals surface area contributed by atoms with E-state index in [1.165, 1.54) is 0 Å². The molecule has 2 aromatic rings. The van der Waals surface area contributed by atoms with Crippen LogP contribution in [0.15, 0.2) is 36.4 Å². The van der Waals surface area contributed by atoms with Crippen molar-refractivity contribution in [2.75, 3.05) is 25.7 Å². The Morgan fingerprint density at radius 2 is 1.79 bits per heavy atom. The second kappa shape index (κ2) is 6.53. The van der Waals surface area contributed by atoms with E-state index in [0.29, 0.717) is 23.6 Å². The highest BCUT2D eigenvalue weighted by Gasteiger charge is 2.28. The minimum atomic E-state index is -0.103. The highest BCUT2D eigenvalue weighted by Crippen LogP contribution is 2.32. The van der Waals surface area contributed by atoms with Crippen molar-refractivity contribution in [1.82, 2.24) is 0 Å². The maximum atomic E-state index is 13.1. The minimum Gasteiger partial charge on any atom is -0.496 e. The number of benzene rings is 2. The number of carbonyl (C=O) groups is 1. The molecule has 1 atom stereocenters. The lowest BCUT2D eigenvalue weighted by molar-refractivity contribution is 0.0982. The van der Waals surface area contributed by atoms with Crippen LogP contribution in [0, 0.1) is 6.92 Å². The van der Waals surface area contributed by atoms with E-state index in [-0.39, 0.29) is 11.9 Å². The SMILES string of the molecule is COc1cc(C(=O)N2CC(N)Cc3ccccc32)cc(OC)c1C. The van der Waals surface area contributed by atoms with Crippen LogP contribution in [0.3, 0.4) is 0 Å². The molecular formula is C19H22N2O3. The van der Waals surface area contributed by atoms with Crippen LogP contribution in [0.4, 0.5) is 5.69 Å². The molecule has 0 radical (unpaired) electrons. The Morgan fingerprint density at radius 3 is 2.42 bits per heavy atom. The summed E-state index contributed by atoms with van der Waals surface area (Å²) in [5.41, 5.74) is 9.56. The van der Waals surface area contributed by atoms with Gasteiger partial charge in [-0.3, -0.25) is 4.79 Å². The predicted octanol–water partition coefficient (Wildman–Crippen LogP) is 2.54. The van der Waals surface area contributed by atoms with E-state index in [2.05, 4.69) is 0 Å². The molecule has 126 valence electrons. The van der Waals surface area contributed by atoms with Crippen LogP contribution in [-0.4, -0.2) is 32.7 Å². The molecule has 2 aromatic carbocycles. The number of nitrogens with two attached hydrogens (primary N) is 1. The fourth-order valence-corrected chi connectivity index (χ4v) is 3.18. The van der Waals surface area contributed by atoms with E-state index in [1.54, 1.807) is 31.3 Å². The second-order valence-electron chi connectivity index (χ2n) is 6.01. The van der Waals surface area contributed by atoms with Crippen molar-refractivity contribution in [2.24, 2.45) is 5.73 Å². The third-order valence-electron chi connectivity index (χ3n) is 4.43. The molecule has 24 heavy (non-hydrogen) atoms. The second-order valence-corrected chi connectivity index (χ2v) is 6.01. The average Bonchev–Trinajstić information content (AvgIpc) is 2.60. The number of nitrogens with zero attached hydrogens (tertiary/aromatic N) is 1. The lowest BCUT2D eigenvalue weighted by atomic mass is 9.97. The molecule has 3 rings (SSSR count). The molecule has 1 aliphatic heterocycles. The van der Waals surface area contributed by atoms with Crippen LogP contribution >= 0.6 is 0 Å². The van der Waals surface area contributed by atoms with Gasteiger partial charge in [0.1, 0.15) is 11.5 Å². The molecule has 5 heteroatoms. The van der Waals surface area contributed by atoms with Crippen LogP contribution in [0.5, 0.6) is 11.5 Å². The van der Waals surface area contributed by atoms with Crippen molar-refractivity contribution in [1.29, 1.82) is 0 Å². The van der Waals surface area contributed by atoms with Crippen molar-refractivity contribution in [3.63, 3.8) is 0 Å². The largest absolute Gasteiger partial charge is 0.496 e. The van der Waals surface area contributed by atoms with Crippen LogP contribution < -0.4 is 20.1 Å². The summed E-state index contributed by atoms with van der Waals surface area (Å²) in [5.74, 6) is 1.16. The van der Waals surface area contributed by atoms with E-state index >= 15 is 0 Å². The average molecular weight is 326 g/mol. The lowest BCUT2D eigenvalue weighted by Gasteiger charge is -2.33. The third kappa shape index (κ3) is 2.83. The van der Waals surface area contributed by atoms with Crippen molar-refractivity contribution >= 4 is 11.6 Å². The highest BCUT2D eigenvalue weighted by molar-refractivity contribution is 6.07. The zero-order chi connectivity index (χ0) is 17.3. The van der Waals surface area contributed by atoms with Crippen molar-refractivity contribution in [3.8, 4) is 11.5 Å². The third-order valence-corrected chi connectivity index (χ3v) is 4.43. The van der Waals surface area contributed by atoms with E-state index < -0.39 is 0 Å². The number of methoxy groups -OCH3 is 2. The maximum absolute atomic E-state index is 13.1. The fourth-order valence-electron chi connectivity index (χ4n) is 3.18. The summed E-state index contributed by atoms with van der Waals surface area (Å²) < 4.78 is 10.8. The number of fused-ring (bicyclic) bond motifs is 1. The van der Waals surface area contributed by atoms with E-state index in [4.69, 9.17) is 15.2 Å². The highest BCUT2D eigenvalue weighted by atomic mass is 16.5. The van der Waals surface area contributed by atoms with Crippen LogP contribution in [0.25, 0.3) is 0 Å². The first kappa shape index (κ1) is 16.3. The van der Waals surface area contributed by atoms with Crippen molar-refractivity contribution < 1.29 is 14.3 Å². The van der Waals surface area contributed by atoms with Crippen LogP contribution in [0.2, 0.25) is 0 Å². The monoisotopic (exact) mass is 326 g/mol. The first-order valence-corrected chi connectivity index (χ1v) is 7.93. The van der Waals surface area contributed by atoms with Crippen molar-refractivity contribution in [2.45, 2.75) is 19.4 Å². The zero-order valence-electron chi connectivity index (χ0n) is 14.2. The first-order chi connectivity index (χ1) is 11.5. The number of hydrogen-bond acceptors (Lipinski definition) is 4. The summed E-state index contributed by atoms with van der Waals surface area (Å²) in [7, 11) is 3.17. The summed E-state index contributed by atoms with van der Waals surface area (Å²) in [6.45, 7) is 2.40. The van der Waals surface area contributed by atoms with Crippen molar-refractivity contribution in [3.05, 3.63) is 53.1 Å².